The molecular weight excluding hydrogens is 346 g/mol. The Balaban J connectivity index is 1.15. The standard InChI is InChI=1S/C20H23N3O4/c1-20(2)8-13-4-3-5-15(17(13)26-20)25-11-16(24)23-9-14(10-23)19-21-18(22-27-19)12-6-7-12/h3-5,12,14H,6-11H2,1-2H3. The summed E-state index contributed by atoms with van der Waals surface area (Å²) in [7, 11) is 0. The van der Waals surface area contributed by atoms with Crippen molar-refractivity contribution in [3.63, 3.8) is 0 Å². The molecule has 1 aromatic heterocycles. The van der Waals surface area contributed by atoms with Gasteiger partial charge in [-0.3, -0.25) is 4.79 Å². The second-order valence-electron chi connectivity index (χ2n) is 8.33. The zero-order valence-electron chi connectivity index (χ0n) is 15.6. The Morgan fingerprint density at radius 3 is 2.89 bits per heavy atom. The van der Waals surface area contributed by atoms with E-state index in [1.165, 1.54) is 0 Å². The summed E-state index contributed by atoms with van der Waals surface area (Å²) in [6, 6.07) is 5.83. The summed E-state index contributed by atoms with van der Waals surface area (Å²) >= 11 is 0. The lowest BCUT2D eigenvalue weighted by molar-refractivity contribution is -0.138. The molecule has 5 rings (SSSR count). The monoisotopic (exact) mass is 369 g/mol. The van der Waals surface area contributed by atoms with Gasteiger partial charge in [-0.15, -0.1) is 0 Å². The third kappa shape index (κ3) is 3.15. The quantitative estimate of drug-likeness (QED) is 0.806. The Morgan fingerprint density at radius 1 is 1.30 bits per heavy atom. The number of hydrogen-bond donors (Lipinski definition) is 0. The minimum atomic E-state index is -0.236. The van der Waals surface area contributed by atoms with E-state index in [1.807, 2.05) is 32.0 Å². The molecule has 2 aliphatic heterocycles. The first-order chi connectivity index (χ1) is 13.0. The van der Waals surface area contributed by atoms with E-state index in [9.17, 15) is 4.79 Å². The summed E-state index contributed by atoms with van der Waals surface area (Å²) < 4.78 is 17.1. The van der Waals surface area contributed by atoms with Crippen molar-refractivity contribution in [3.8, 4) is 11.5 Å². The zero-order chi connectivity index (χ0) is 18.6. The number of likely N-dealkylation sites (tertiary alicyclic amines) is 1. The molecule has 0 bridgehead atoms. The molecule has 0 atom stereocenters. The van der Waals surface area contributed by atoms with Crippen molar-refractivity contribution in [2.75, 3.05) is 19.7 Å². The highest BCUT2D eigenvalue weighted by Gasteiger charge is 2.38. The predicted octanol–water partition coefficient (Wildman–Crippen LogP) is 2.67. The maximum absolute atomic E-state index is 12.4. The molecule has 0 radical (unpaired) electrons. The van der Waals surface area contributed by atoms with Gasteiger partial charge in [0.2, 0.25) is 5.89 Å². The molecule has 3 heterocycles. The number of amides is 1. The van der Waals surface area contributed by atoms with E-state index in [0.717, 1.165) is 36.4 Å². The first kappa shape index (κ1) is 16.6. The van der Waals surface area contributed by atoms with Crippen molar-refractivity contribution in [1.82, 2.24) is 15.0 Å². The molecule has 0 spiro atoms. The molecule has 1 saturated heterocycles. The summed E-state index contributed by atoms with van der Waals surface area (Å²) in [5.74, 6) is 3.44. The second-order valence-corrected chi connectivity index (χ2v) is 8.33. The summed E-state index contributed by atoms with van der Waals surface area (Å²) in [4.78, 5) is 18.7. The fourth-order valence-electron chi connectivity index (χ4n) is 3.69. The normalized spacial score (nSPS) is 20.7. The average molecular weight is 369 g/mol. The molecule has 27 heavy (non-hydrogen) atoms. The SMILES string of the molecule is CC1(C)Cc2cccc(OCC(=O)N3CC(c4nc(C5CC5)no4)C3)c2O1. The third-order valence-corrected chi connectivity index (χ3v) is 5.39. The predicted molar refractivity (Wildman–Crippen MR) is 95.9 cm³/mol. The van der Waals surface area contributed by atoms with Gasteiger partial charge in [-0.25, -0.2) is 0 Å². The molecular formula is C20H23N3O4. The first-order valence-electron chi connectivity index (χ1n) is 9.53. The largest absolute Gasteiger partial charge is 0.483 e. The van der Waals surface area contributed by atoms with E-state index in [4.69, 9.17) is 14.0 Å². The number of aromatic nitrogens is 2. The van der Waals surface area contributed by atoms with E-state index in [1.54, 1.807) is 4.90 Å². The van der Waals surface area contributed by atoms with E-state index < -0.39 is 0 Å². The van der Waals surface area contributed by atoms with Gasteiger partial charge in [-0.1, -0.05) is 17.3 Å². The van der Waals surface area contributed by atoms with Crippen LogP contribution in [-0.4, -0.2) is 46.2 Å². The molecule has 2 fully saturated rings. The maximum Gasteiger partial charge on any atom is 0.260 e. The lowest BCUT2D eigenvalue weighted by Gasteiger charge is -2.36. The number of hydrogen-bond acceptors (Lipinski definition) is 6. The van der Waals surface area contributed by atoms with E-state index in [-0.39, 0.29) is 24.0 Å². The van der Waals surface area contributed by atoms with Crippen LogP contribution in [0.3, 0.4) is 0 Å². The summed E-state index contributed by atoms with van der Waals surface area (Å²) in [5, 5.41) is 4.04. The molecule has 0 unspecified atom stereocenters. The molecule has 0 N–H and O–H groups in total. The zero-order valence-corrected chi connectivity index (χ0v) is 15.6. The highest BCUT2D eigenvalue weighted by Crippen LogP contribution is 2.42. The Kier molecular flexibility index (Phi) is 3.67. The molecule has 7 nitrogen and oxygen atoms in total. The van der Waals surface area contributed by atoms with Crippen LogP contribution in [-0.2, 0) is 11.2 Å². The van der Waals surface area contributed by atoms with Crippen molar-refractivity contribution >= 4 is 5.91 Å². The summed E-state index contributed by atoms with van der Waals surface area (Å²) in [5.41, 5.74) is 0.886. The number of para-hydroxylation sites is 1. The lowest BCUT2D eigenvalue weighted by Crippen LogP contribution is -2.50. The van der Waals surface area contributed by atoms with Gasteiger partial charge < -0.3 is 18.9 Å². The fraction of sp³-hybridized carbons (Fsp3) is 0.550. The van der Waals surface area contributed by atoms with Crippen molar-refractivity contribution in [2.24, 2.45) is 0 Å². The van der Waals surface area contributed by atoms with Crippen LogP contribution in [0.4, 0.5) is 0 Å². The number of nitrogens with zero attached hydrogens (tertiary/aromatic N) is 3. The van der Waals surface area contributed by atoms with Crippen LogP contribution in [0.5, 0.6) is 11.5 Å². The molecule has 142 valence electrons. The summed E-state index contributed by atoms with van der Waals surface area (Å²) in [6.45, 7) is 5.31. The Hall–Kier alpha value is -2.57. The van der Waals surface area contributed by atoms with Gasteiger partial charge in [0.05, 0.1) is 5.92 Å². The number of ether oxygens (including phenoxy) is 2. The van der Waals surface area contributed by atoms with Crippen molar-refractivity contribution in [2.45, 2.75) is 50.5 Å². The summed E-state index contributed by atoms with van der Waals surface area (Å²) in [6.07, 6.45) is 3.14. The molecule has 3 aliphatic rings. The smallest absolute Gasteiger partial charge is 0.260 e. The van der Waals surface area contributed by atoms with Gasteiger partial charge in [0.25, 0.3) is 5.91 Å². The van der Waals surface area contributed by atoms with Crippen molar-refractivity contribution in [3.05, 3.63) is 35.5 Å². The third-order valence-electron chi connectivity index (χ3n) is 5.39. The fourth-order valence-corrected chi connectivity index (χ4v) is 3.69. The Labute approximate surface area is 157 Å². The van der Waals surface area contributed by atoms with Gasteiger partial charge in [-0.2, -0.15) is 4.98 Å². The highest BCUT2D eigenvalue weighted by atomic mass is 16.5. The number of carbonyl (C=O) groups excluding carboxylic acids is 1. The molecule has 2 aromatic rings. The lowest BCUT2D eigenvalue weighted by atomic mass is 10.0. The topological polar surface area (TPSA) is 77.7 Å². The van der Waals surface area contributed by atoms with Crippen molar-refractivity contribution < 1.29 is 18.8 Å². The number of benzene rings is 1. The molecule has 1 saturated carbocycles. The molecule has 1 aliphatic carbocycles. The molecule has 1 amide bonds. The number of rotatable bonds is 5. The van der Waals surface area contributed by atoms with E-state index >= 15 is 0 Å². The minimum Gasteiger partial charge on any atom is -0.483 e. The van der Waals surface area contributed by atoms with Crippen LogP contribution in [0.1, 0.15) is 55.8 Å². The van der Waals surface area contributed by atoms with Crippen LogP contribution < -0.4 is 9.47 Å². The van der Waals surface area contributed by atoms with Gasteiger partial charge >= 0.3 is 0 Å². The Morgan fingerprint density at radius 2 is 2.11 bits per heavy atom. The van der Waals surface area contributed by atoms with E-state index in [2.05, 4.69) is 10.1 Å². The Bertz CT molecular complexity index is 881. The highest BCUT2D eigenvalue weighted by molar-refractivity contribution is 5.79. The van der Waals surface area contributed by atoms with Crippen LogP contribution >= 0.6 is 0 Å². The number of fused-ring (bicyclic) bond motifs is 1. The molecule has 7 heteroatoms. The van der Waals surface area contributed by atoms with Crippen LogP contribution in [0.2, 0.25) is 0 Å². The number of carbonyl (C=O) groups is 1. The van der Waals surface area contributed by atoms with Gasteiger partial charge in [0, 0.05) is 31.0 Å². The van der Waals surface area contributed by atoms with E-state index in [0.29, 0.717) is 30.6 Å². The second kappa shape index (κ2) is 5.97. The van der Waals surface area contributed by atoms with Gasteiger partial charge in [0.15, 0.2) is 23.9 Å². The van der Waals surface area contributed by atoms with Crippen LogP contribution in [0, 0.1) is 0 Å². The molecule has 1 aromatic carbocycles. The maximum atomic E-state index is 12.4. The van der Waals surface area contributed by atoms with Gasteiger partial charge in [-0.05, 0) is 32.8 Å². The minimum absolute atomic E-state index is 0.00409. The van der Waals surface area contributed by atoms with Crippen LogP contribution in [0.15, 0.2) is 22.7 Å². The van der Waals surface area contributed by atoms with Crippen molar-refractivity contribution in [1.29, 1.82) is 0 Å². The van der Waals surface area contributed by atoms with Gasteiger partial charge in [0.1, 0.15) is 5.60 Å². The van der Waals surface area contributed by atoms with Crippen LogP contribution in [0.25, 0.3) is 0 Å². The first-order valence-corrected chi connectivity index (χ1v) is 9.53. The average Bonchev–Trinajstić information content (AvgIpc) is 3.22.